The third kappa shape index (κ3) is 2.49. The van der Waals surface area contributed by atoms with Crippen LogP contribution in [0, 0.1) is 0 Å². The predicted molar refractivity (Wildman–Crippen MR) is 64.2 cm³/mol. The Morgan fingerprint density at radius 3 is 2.41 bits per heavy atom. The molecular weight excluding hydrogens is 216 g/mol. The lowest BCUT2D eigenvalue weighted by atomic mass is 10.0. The van der Waals surface area contributed by atoms with Gasteiger partial charge in [-0.1, -0.05) is 30.3 Å². The second-order valence-corrected chi connectivity index (χ2v) is 3.65. The van der Waals surface area contributed by atoms with Gasteiger partial charge in [0.2, 0.25) is 0 Å². The highest BCUT2D eigenvalue weighted by molar-refractivity contribution is 5.75. The molecule has 0 unspecified atom stereocenters. The van der Waals surface area contributed by atoms with E-state index in [1.807, 2.05) is 30.3 Å². The van der Waals surface area contributed by atoms with Crippen LogP contribution in [0.1, 0.15) is 11.6 Å². The molecule has 0 aliphatic heterocycles. The number of benzene rings is 1. The maximum Gasteiger partial charge on any atom is 0.325 e. The molecule has 17 heavy (non-hydrogen) atoms. The first-order chi connectivity index (χ1) is 8.18. The molecule has 4 heteroatoms. The summed E-state index contributed by atoms with van der Waals surface area (Å²) in [6.07, 6.45) is 1.71. The Morgan fingerprint density at radius 2 is 1.88 bits per heavy atom. The second-order valence-electron chi connectivity index (χ2n) is 3.65. The second kappa shape index (κ2) is 4.76. The van der Waals surface area contributed by atoms with E-state index in [-0.39, 0.29) is 0 Å². The van der Waals surface area contributed by atoms with Crippen LogP contribution in [0.4, 0.5) is 0 Å². The van der Waals surface area contributed by atoms with Gasteiger partial charge in [0.15, 0.2) is 0 Å². The van der Waals surface area contributed by atoms with Crippen molar-refractivity contribution in [3.05, 3.63) is 54.2 Å². The third-order valence-electron chi connectivity index (χ3n) is 2.50. The number of hydrogen-bond donors (Lipinski definition) is 2. The molecule has 2 rings (SSSR count). The third-order valence-corrected chi connectivity index (χ3v) is 2.50. The van der Waals surface area contributed by atoms with Crippen molar-refractivity contribution in [2.75, 3.05) is 0 Å². The summed E-state index contributed by atoms with van der Waals surface area (Å²) in [5.74, 6) is -1.03. The van der Waals surface area contributed by atoms with E-state index in [9.17, 15) is 4.79 Å². The van der Waals surface area contributed by atoms with Gasteiger partial charge < -0.3 is 10.8 Å². The van der Waals surface area contributed by atoms with Crippen molar-refractivity contribution in [1.82, 2.24) is 4.98 Å². The fourth-order valence-electron chi connectivity index (χ4n) is 1.54. The smallest absolute Gasteiger partial charge is 0.325 e. The first-order valence-electron chi connectivity index (χ1n) is 5.18. The van der Waals surface area contributed by atoms with Crippen LogP contribution < -0.4 is 5.73 Å². The van der Waals surface area contributed by atoms with Crippen LogP contribution in [0.3, 0.4) is 0 Å². The number of nitrogens with zero attached hydrogens (tertiary/aromatic N) is 1. The molecule has 1 aromatic heterocycles. The number of pyridine rings is 1. The molecule has 0 amide bonds. The van der Waals surface area contributed by atoms with E-state index in [1.165, 1.54) is 0 Å². The van der Waals surface area contributed by atoms with E-state index in [0.29, 0.717) is 5.56 Å². The van der Waals surface area contributed by atoms with E-state index in [0.717, 1.165) is 11.3 Å². The highest BCUT2D eigenvalue weighted by Crippen LogP contribution is 2.19. The summed E-state index contributed by atoms with van der Waals surface area (Å²) in [6.45, 7) is 0. The quantitative estimate of drug-likeness (QED) is 0.840. The molecule has 0 spiro atoms. The van der Waals surface area contributed by atoms with Gasteiger partial charge in [-0.15, -0.1) is 0 Å². The average Bonchev–Trinajstić information content (AvgIpc) is 2.39. The van der Waals surface area contributed by atoms with Crippen LogP contribution in [-0.2, 0) is 4.79 Å². The number of carbonyl (C=O) groups is 1. The molecule has 0 aliphatic rings. The lowest BCUT2D eigenvalue weighted by molar-refractivity contribution is -0.138. The molecule has 86 valence electrons. The van der Waals surface area contributed by atoms with Gasteiger partial charge in [-0.05, 0) is 17.7 Å². The minimum atomic E-state index is -1.03. The van der Waals surface area contributed by atoms with Gasteiger partial charge in [0.05, 0.1) is 5.69 Å². The Labute approximate surface area is 98.7 Å². The average molecular weight is 228 g/mol. The van der Waals surface area contributed by atoms with Crippen LogP contribution in [0.2, 0.25) is 0 Å². The maximum atomic E-state index is 10.7. The summed E-state index contributed by atoms with van der Waals surface area (Å²) in [6, 6.07) is 11.7. The zero-order valence-corrected chi connectivity index (χ0v) is 9.08. The van der Waals surface area contributed by atoms with Crippen LogP contribution in [0.25, 0.3) is 11.3 Å². The SMILES string of the molecule is N[C@H](C(=O)O)c1ccc(-c2ccccn2)cc1. The van der Waals surface area contributed by atoms with Gasteiger partial charge in [-0.3, -0.25) is 9.78 Å². The van der Waals surface area contributed by atoms with Gasteiger partial charge in [-0.25, -0.2) is 0 Å². The zero-order chi connectivity index (χ0) is 12.3. The lowest BCUT2D eigenvalue weighted by Crippen LogP contribution is -2.20. The van der Waals surface area contributed by atoms with E-state index >= 15 is 0 Å². The lowest BCUT2D eigenvalue weighted by Gasteiger charge is -2.07. The molecule has 3 N–H and O–H groups in total. The van der Waals surface area contributed by atoms with Crippen LogP contribution in [-0.4, -0.2) is 16.1 Å². The fourth-order valence-corrected chi connectivity index (χ4v) is 1.54. The normalized spacial score (nSPS) is 12.1. The van der Waals surface area contributed by atoms with Crippen molar-refractivity contribution in [2.24, 2.45) is 5.73 Å². The first kappa shape index (κ1) is 11.3. The summed E-state index contributed by atoms with van der Waals surface area (Å²) < 4.78 is 0. The van der Waals surface area contributed by atoms with E-state index in [4.69, 9.17) is 10.8 Å². The molecule has 0 saturated heterocycles. The minimum Gasteiger partial charge on any atom is -0.480 e. The summed E-state index contributed by atoms with van der Waals surface area (Å²) >= 11 is 0. The number of carboxylic acids is 1. The summed E-state index contributed by atoms with van der Waals surface area (Å²) in [5, 5.41) is 8.78. The Bertz CT molecular complexity index is 509. The highest BCUT2D eigenvalue weighted by Gasteiger charge is 2.13. The molecule has 1 atom stereocenters. The first-order valence-corrected chi connectivity index (χ1v) is 5.18. The zero-order valence-electron chi connectivity index (χ0n) is 9.08. The molecule has 0 bridgehead atoms. The Hall–Kier alpha value is -2.20. The number of rotatable bonds is 3. The Morgan fingerprint density at radius 1 is 1.18 bits per heavy atom. The van der Waals surface area contributed by atoms with Crippen molar-refractivity contribution in [2.45, 2.75) is 6.04 Å². The minimum absolute atomic E-state index is 0.581. The van der Waals surface area contributed by atoms with Crippen molar-refractivity contribution in [1.29, 1.82) is 0 Å². The van der Waals surface area contributed by atoms with Crippen molar-refractivity contribution >= 4 is 5.97 Å². The largest absolute Gasteiger partial charge is 0.480 e. The van der Waals surface area contributed by atoms with Crippen LogP contribution in [0.15, 0.2) is 48.7 Å². The van der Waals surface area contributed by atoms with E-state index in [2.05, 4.69) is 4.98 Å². The molecule has 0 aliphatic carbocycles. The van der Waals surface area contributed by atoms with Crippen LogP contribution >= 0.6 is 0 Å². The molecule has 0 saturated carbocycles. The Kier molecular flexibility index (Phi) is 3.16. The molecule has 0 fully saturated rings. The molecule has 1 aromatic carbocycles. The predicted octanol–water partition coefficient (Wildman–Crippen LogP) is 1.83. The number of aromatic nitrogens is 1. The number of hydrogen-bond acceptors (Lipinski definition) is 3. The molecular formula is C13H12N2O2. The van der Waals surface area contributed by atoms with Gasteiger partial charge in [0, 0.05) is 11.8 Å². The molecule has 0 radical (unpaired) electrons. The van der Waals surface area contributed by atoms with Gasteiger partial charge in [0.1, 0.15) is 6.04 Å². The topological polar surface area (TPSA) is 76.2 Å². The maximum absolute atomic E-state index is 10.7. The summed E-state index contributed by atoms with van der Waals surface area (Å²) in [7, 11) is 0. The monoisotopic (exact) mass is 228 g/mol. The van der Waals surface area contributed by atoms with E-state index in [1.54, 1.807) is 18.3 Å². The van der Waals surface area contributed by atoms with Crippen molar-refractivity contribution < 1.29 is 9.90 Å². The standard InChI is InChI=1S/C13H12N2O2/c14-12(13(16)17)10-6-4-9(5-7-10)11-3-1-2-8-15-11/h1-8,12H,14H2,(H,16,17)/t12-/m0/s1. The van der Waals surface area contributed by atoms with E-state index < -0.39 is 12.0 Å². The summed E-state index contributed by atoms with van der Waals surface area (Å²) in [5.41, 5.74) is 7.88. The van der Waals surface area contributed by atoms with Crippen molar-refractivity contribution in [3.8, 4) is 11.3 Å². The highest BCUT2D eigenvalue weighted by atomic mass is 16.4. The molecule has 1 heterocycles. The molecule has 4 nitrogen and oxygen atoms in total. The Balaban J connectivity index is 2.28. The van der Waals surface area contributed by atoms with Gasteiger partial charge >= 0.3 is 5.97 Å². The van der Waals surface area contributed by atoms with Crippen LogP contribution in [0.5, 0.6) is 0 Å². The van der Waals surface area contributed by atoms with Gasteiger partial charge in [-0.2, -0.15) is 0 Å². The number of carboxylic acid groups (broad SMARTS) is 1. The van der Waals surface area contributed by atoms with Gasteiger partial charge in [0.25, 0.3) is 0 Å². The molecule has 2 aromatic rings. The summed E-state index contributed by atoms with van der Waals surface area (Å²) in [4.78, 5) is 14.9. The number of nitrogens with two attached hydrogens (primary N) is 1. The number of aliphatic carboxylic acids is 1. The van der Waals surface area contributed by atoms with Crippen molar-refractivity contribution in [3.63, 3.8) is 0 Å². The fraction of sp³-hybridized carbons (Fsp3) is 0.0769.